The van der Waals surface area contributed by atoms with Crippen molar-refractivity contribution in [2.45, 2.75) is 0 Å². The molecule has 0 saturated heterocycles. The van der Waals surface area contributed by atoms with Crippen molar-refractivity contribution in [3.05, 3.63) is 28.7 Å². The summed E-state index contributed by atoms with van der Waals surface area (Å²) < 4.78 is 0. The molecule has 9 heavy (non-hydrogen) atoms. The van der Waals surface area contributed by atoms with E-state index in [9.17, 15) is 4.79 Å². The van der Waals surface area contributed by atoms with E-state index in [2.05, 4.69) is 16.7 Å². The van der Waals surface area contributed by atoms with Crippen LogP contribution in [0.3, 0.4) is 0 Å². The Morgan fingerprint density at radius 2 is 2.44 bits per heavy atom. The minimum Gasteiger partial charge on any atom is -0.327 e. The Morgan fingerprint density at radius 3 is 2.89 bits per heavy atom. The molecule has 0 radical (unpaired) electrons. The van der Waals surface area contributed by atoms with Crippen LogP contribution in [0.2, 0.25) is 0 Å². The summed E-state index contributed by atoms with van der Waals surface area (Å²) in [5.41, 5.74) is 0.157. The summed E-state index contributed by atoms with van der Waals surface area (Å²) in [7, 11) is 0. The van der Waals surface area contributed by atoms with E-state index in [4.69, 9.17) is 0 Å². The molecule has 0 unspecified atom stereocenters. The van der Waals surface area contributed by atoms with Crippen molar-refractivity contribution >= 4 is 12.4 Å². The van der Waals surface area contributed by atoms with Gasteiger partial charge in [0.05, 0.1) is 0 Å². The van der Waals surface area contributed by atoms with Crippen LogP contribution < -0.4 is 5.56 Å². The maximum absolute atomic E-state index is 10.7. The number of aromatic amines is 1. The average molecular weight is 122 g/mol. The summed E-state index contributed by atoms with van der Waals surface area (Å²) in [5.74, 6) is 0. The van der Waals surface area contributed by atoms with Gasteiger partial charge in [-0.2, -0.15) is 0 Å². The average Bonchev–Trinajstić information content (AvgIpc) is 1.89. The fraction of sp³-hybridized carbons (Fsp3) is 0. The van der Waals surface area contributed by atoms with Gasteiger partial charge in [-0.1, -0.05) is 0 Å². The van der Waals surface area contributed by atoms with E-state index >= 15 is 0 Å². The SMILES string of the molecule is C=Nc1ccc[nH]c1=O. The van der Waals surface area contributed by atoms with Gasteiger partial charge in [0.15, 0.2) is 0 Å². The van der Waals surface area contributed by atoms with Crippen LogP contribution in [-0.2, 0) is 0 Å². The van der Waals surface area contributed by atoms with Crippen LogP contribution in [0.5, 0.6) is 0 Å². The van der Waals surface area contributed by atoms with Crippen molar-refractivity contribution in [1.82, 2.24) is 4.98 Å². The highest BCUT2D eigenvalue weighted by Crippen LogP contribution is 1.97. The minimum atomic E-state index is -0.201. The molecule has 0 aromatic carbocycles. The normalized spacial score (nSPS) is 8.89. The number of H-pyrrole nitrogens is 1. The third-order valence-electron chi connectivity index (χ3n) is 0.968. The number of pyridine rings is 1. The summed E-state index contributed by atoms with van der Waals surface area (Å²) >= 11 is 0. The molecule has 0 aliphatic heterocycles. The molecular weight excluding hydrogens is 116 g/mol. The second-order valence-electron chi connectivity index (χ2n) is 1.54. The maximum Gasteiger partial charge on any atom is 0.273 e. The lowest BCUT2D eigenvalue weighted by atomic mass is 10.4. The lowest BCUT2D eigenvalue weighted by Gasteiger charge is -1.85. The second-order valence-corrected chi connectivity index (χ2v) is 1.54. The predicted octanol–water partition coefficient (Wildman–Crippen LogP) is 0.707. The van der Waals surface area contributed by atoms with Crippen molar-refractivity contribution in [2.75, 3.05) is 0 Å². The second kappa shape index (κ2) is 2.26. The van der Waals surface area contributed by atoms with Gasteiger partial charge in [0.2, 0.25) is 0 Å². The van der Waals surface area contributed by atoms with Gasteiger partial charge in [0, 0.05) is 6.20 Å². The summed E-state index contributed by atoms with van der Waals surface area (Å²) in [6.45, 7) is 3.22. The van der Waals surface area contributed by atoms with Gasteiger partial charge in [-0.05, 0) is 18.9 Å². The third kappa shape index (κ3) is 1.05. The molecule has 1 heterocycles. The van der Waals surface area contributed by atoms with E-state index in [0.29, 0.717) is 5.69 Å². The highest BCUT2D eigenvalue weighted by molar-refractivity contribution is 5.42. The molecule has 0 aliphatic carbocycles. The van der Waals surface area contributed by atoms with Crippen LogP contribution >= 0.6 is 0 Å². The Bertz CT molecular complexity index is 264. The lowest BCUT2D eigenvalue weighted by molar-refractivity contribution is 1.22. The van der Waals surface area contributed by atoms with E-state index in [1.165, 1.54) is 0 Å². The molecule has 3 nitrogen and oxygen atoms in total. The predicted molar refractivity (Wildman–Crippen MR) is 36.3 cm³/mol. The summed E-state index contributed by atoms with van der Waals surface area (Å²) in [6.07, 6.45) is 1.55. The Morgan fingerprint density at radius 1 is 1.67 bits per heavy atom. The van der Waals surface area contributed by atoms with E-state index in [-0.39, 0.29) is 5.56 Å². The van der Waals surface area contributed by atoms with Crippen LogP contribution in [0.15, 0.2) is 28.1 Å². The number of hydrogen-bond acceptors (Lipinski definition) is 2. The smallest absolute Gasteiger partial charge is 0.273 e. The molecule has 0 atom stereocenters. The largest absolute Gasteiger partial charge is 0.327 e. The zero-order chi connectivity index (χ0) is 6.69. The van der Waals surface area contributed by atoms with Crippen molar-refractivity contribution in [1.29, 1.82) is 0 Å². The van der Waals surface area contributed by atoms with Crippen molar-refractivity contribution in [2.24, 2.45) is 4.99 Å². The molecule has 1 N–H and O–H groups in total. The quantitative estimate of drug-likeness (QED) is 0.548. The Kier molecular flexibility index (Phi) is 1.44. The fourth-order valence-corrected chi connectivity index (χ4v) is 0.537. The van der Waals surface area contributed by atoms with Crippen molar-refractivity contribution in [3.63, 3.8) is 0 Å². The van der Waals surface area contributed by atoms with Crippen molar-refractivity contribution in [3.8, 4) is 0 Å². The summed E-state index contributed by atoms with van der Waals surface area (Å²) in [5, 5.41) is 0. The van der Waals surface area contributed by atoms with Gasteiger partial charge in [-0.3, -0.25) is 9.79 Å². The standard InChI is InChI=1S/C6H6N2O/c1-7-5-3-2-4-8-6(5)9/h2-4H,1H2,(H,8,9). The molecular formula is C6H6N2O. The van der Waals surface area contributed by atoms with E-state index < -0.39 is 0 Å². The van der Waals surface area contributed by atoms with Gasteiger partial charge in [-0.25, -0.2) is 0 Å². The zero-order valence-corrected chi connectivity index (χ0v) is 4.79. The van der Waals surface area contributed by atoms with Crippen LogP contribution in [0.25, 0.3) is 0 Å². The van der Waals surface area contributed by atoms with Crippen molar-refractivity contribution < 1.29 is 0 Å². The molecule has 1 aromatic heterocycles. The molecule has 1 rings (SSSR count). The van der Waals surface area contributed by atoms with Gasteiger partial charge >= 0.3 is 0 Å². The summed E-state index contributed by atoms with van der Waals surface area (Å²) in [4.78, 5) is 16.6. The molecule has 0 bridgehead atoms. The first-order valence-corrected chi connectivity index (χ1v) is 2.49. The number of aromatic nitrogens is 1. The van der Waals surface area contributed by atoms with Crippen LogP contribution in [0, 0.1) is 0 Å². The molecule has 0 fully saturated rings. The number of nitrogens with zero attached hydrogens (tertiary/aromatic N) is 1. The maximum atomic E-state index is 10.7. The monoisotopic (exact) mass is 122 g/mol. The zero-order valence-electron chi connectivity index (χ0n) is 4.79. The Balaban J connectivity index is 3.32. The van der Waals surface area contributed by atoms with E-state index in [1.54, 1.807) is 18.3 Å². The first kappa shape index (κ1) is 5.75. The van der Waals surface area contributed by atoms with Gasteiger partial charge in [0.25, 0.3) is 5.56 Å². The molecule has 0 aliphatic rings. The number of hydrogen-bond donors (Lipinski definition) is 1. The van der Waals surface area contributed by atoms with E-state index in [1.807, 2.05) is 0 Å². The molecule has 0 spiro atoms. The number of nitrogens with one attached hydrogen (secondary N) is 1. The van der Waals surface area contributed by atoms with Gasteiger partial charge in [0.1, 0.15) is 5.69 Å². The number of rotatable bonds is 1. The molecule has 0 amide bonds. The Labute approximate surface area is 52.1 Å². The van der Waals surface area contributed by atoms with Crippen LogP contribution in [-0.4, -0.2) is 11.7 Å². The lowest BCUT2D eigenvalue weighted by Crippen LogP contribution is -2.01. The van der Waals surface area contributed by atoms with E-state index in [0.717, 1.165) is 0 Å². The topological polar surface area (TPSA) is 45.2 Å². The van der Waals surface area contributed by atoms with Crippen LogP contribution in [0.1, 0.15) is 0 Å². The fourth-order valence-electron chi connectivity index (χ4n) is 0.537. The molecule has 0 saturated carbocycles. The van der Waals surface area contributed by atoms with Gasteiger partial charge in [-0.15, -0.1) is 0 Å². The van der Waals surface area contributed by atoms with Gasteiger partial charge < -0.3 is 4.98 Å². The molecule has 1 aromatic rings. The Hall–Kier alpha value is -1.38. The molecule has 3 heteroatoms. The first-order chi connectivity index (χ1) is 4.34. The summed E-state index contributed by atoms with van der Waals surface area (Å²) in [6, 6.07) is 3.30. The van der Waals surface area contributed by atoms with Crippen LogP contribution in [0.4, 0.5) is 5.69 Å². The number of aliphatic imine (C=N–C) groups is 1. The first-order valence-electron chi connectivity index (χ1n) is 2.49. The highest BCUT2D eigenvalue weighted by Gasteiger charge is 1.88. The highest BCUT2D eigenvalue weighted by atomic mass is 16.1. The minimum absolute atomic E-state index is 0.201. The molecule has 46 valence electrons. The third-order valence-corrected chi connectivity index (χ3v) is 0.968.